The van der Waals surface area contributed by atoms with Crippen LogP contribution in [-0.4, -0.2) is 62.5 Å². The summed E-state index contributed by atoms with van der Waals surface area (Å²) >= 11 is 6.51. The van der Waals surface area contributed by atoms with E-state index < -0.39 is 0 Å². The molecule has 1 aliphatic heterocycles. The number of nitrogens with one attached hydrogen (secondary N) is 1. The van der Waals surface area contributed by atoms with E-state index >= 15 is 0 Å². The molecule has 1 fully saturated rings. The predicted molar refractivity (Wildman–Crippen MR) is 123 cm³/mol. The number of thioether (sulfide) groups is 1. The topological polar surface area (TPSA) is 96.2 Å². The average molecular weight is 449 g/mol. The van der Waals surface area contributed by atoms with Crippen molar-refractivity contribution in [1.29, 1.82) is 0 Å². The lowest BCUT2D eigenvalue weighted by molar-refractivity contribution is -0.122. The fourth-order valence-corrected chi connectivity index (χ4v) is 4.27. The Hall–Kier alpha value is -2.27. The number of thiocarbonyl (C=S) groups is 1. The van der Waals surface area contributed by atoms with E-state index in [1.807, 2.05) is 19.9 Å². The van der Waals surface area contributed by atoms with Crippen LogP contribution in [0.3, 0.4) is 0 Å². The summed E-state index contributed by atoms with van der Waals surface area (Å²) in [7, 11) is 0. The molecule has 8 nitrogen and oxygen atoms in total. The minimum Gasteiger partial charge on any atom is -0.394 e. The molecule has 3 rings (SSSR count). The third kappa shape index (κ3) is 4.89. The number of hydrogen-bond acceptors (Lipinski definition) is 8. The summed E-state index contributed by atoms with van der Waals surface area (Å²) in [6.07, 6.45) is 4.08. The van der Waals surface area contributed by atoms with Gasteiger partial charge in [0.2, 0.25) is 0 Å². The Morgan fingerprint density at radius 3 is 2.87 bits per heavy atom. The molecular formula is C20H24N4O4S2. The van der Waals surface area contributed by atoms with Gasteiger partial charge in [0, 0.05) is 19.3 Å². The number of amides is 1. The summed E-state index contributed by atoms with van der Waals surface area (Å²) in [4.78, 5) is 32.5. The third-order valence-corrected chi connectivity index (χ3v) is 5.75. The maximum atomic E-state index is 13.2. The fraction of sp³-hybridized carbons (Fsp3) is 0.400. The molecule has 2 N–H and O–H groups in total. The van der Waals surface area contributed by atoms with Gasteiger partial charge in [-0.2, -0.15) is 0 Å². The molecule has 0 aromatic carbocycles. The molecule has 0 spiro atoms. The van der Waals surface area contributed by atoms with E-state index in [1.54, 1.807) is 23.2 Å². The van der Waals surface area contributed by atoms with Crippen LogP contribution in [0.15, 0.2) is 28.0 Å². The van der Waals surface area contributed by atoms with Gasteiger partial charge >= 0.3 is 0 Å². The number of carbonyl (C=O) groups excluding carboxylic acids is 1. The first-order valence-electron chi connectivity index (χ1n) is 9.67. The van der Waals surface area contributed by atoms with Crippen LogP contribution < -0.4 is 10.9 Å². The predicted octanol–water partition coefficient (Wildman–Crippen LogP) is 2.03. The Kier molecular flexibility index (Phi) is 7.59. The van der Waals surface area contributed by atoms with E-state index in [0.29, 0.717) is 40.4 Å². The van der Waals surface area contributed by atoms with Crippen LogP contribution in [0.2, 0.25) is 0 Å². The molecule has 2 aromatic rings. The number of aliphatic hydroxyl groups is 1. The monoisotopic (exact) mass is 448 g/mol. The van der Waals surface area contributed by atoms with E-state index in [1.165, 1.54) is 16.2 Å². The number of ether oxygens (including phenoxy) is 1. The molecule has 0 bridgehead atoms. The molecule has 1 saturated heterocycles. The zero-order chi connectivity index (χ0) is 21.7. The quantitative estimate of drug-likeness (QED) is 0.342. The Labute approximate surface area is 183 Å². The van der Waals surface area contributed by atoms with Crippen LogP contribution >= 0.6 is 24.0 Å². The lowest BCUT2D eigenvalue weighted by atomic mass is 10.2. The maximum absolute atomic E-state index is 13.2. The van der Waals surface area contributed by atoms with Crippen molar-refractivity contribution in [2.45, 2.75) is 20.3 Å². The number of aromatic nitrogens is 2. The van der Waals surface area contributed by atoms with Crippen molar-refractivity contribution < 1.29 is 14.6 Å². The number of aliphatic hydroxyl groups excluding tert-OH is 1. The van der Waals surface area contributed by atoms with Gasteiger partial charge in [-0.3, -0.25) is 18.9 Å². The summed E-state index contributed by atoms with van der Waals surface area (Å²) in [5.41, 5.74) is 1.44. The molecule has 0 aliphatic carbocycles. The van der Waals surface area contributed by atoms with Crippen molar-refractivity contribution in [2.75, 3.05) is 38.2 Å². The van der Waals surface area contributed by atoms with Crippen LogP contribution in [0.4, 0.5) is 5.82 Å². The van der Waals surface area contributed by atoms with Gasteiger partial charge in [0.1, 0.15) is 15.8 Å². The minimum absolute atomic E-state index is 0.0558. The zero-order valence-electron chi connectivity index (χ0n) is 16.9. The fourth-order valence-electron chi connectivity index (χ4n) is 2.98. The lowest BCUT2D eigenvalue weighted by Gasteiger charge is -2.13. The number of anilines is 1. The number of pyridine rings is 1. The first-order chi connectivity index (χ1) is 14.5. The van der Waals surface area contributed by atoms with E-state index in [9.17, 15) is 9.59 Å². The van der Waals surface area contributed by atoms with Gasteiger partial charge < -0.3 is 15.2 Å². The van der Waals surface area contributed by atoms with Crippen LogP contribution in [-0.2, 0) is 9.53 Å². The summed E-state index contributed by atoms with van der Waals surface area (Å²) in [5.74, 6) is 0.176. The van der Waals surface area contributed by atoms with Gasteiger partial charge in [-0.15, -0.1) is 0 Å². The summed E-state index contributed by atoms with van der Waals surface area (Å²) in [6.45, 7) is 5.33. The smallest absolute Gasteiger partial charge is 0.267 e. The van der Waals surface area contributed by atoms with Crippen molar-refractivity contribution >= 4 is 51.7 Å². The molecule has 1 amide bonds. The first kappa shape index (κ1) is 22.4. The largest absolute Gasteiger partial charge is 0.394 e. The first-order valence-corrected chi connectivity index (χ1v) is 10.9. The van der Waals surface area contributed by atoms with Crippen molar-refractivity contribution in [1.82, 2.24) is 14.3 Å². The standard InChI is InChI=1S/C20H24N4O4S2/c1-3-7-23-19(27)15(30-20(23)29)11-14-17(21-6-9-28-10-8-25)22-16-5-4-13(2)12-24(16)18(14)26/h4-5,11-12,21,25H,3,6-10H2,1-2H3. The normalized spacial score (nSPS) is 15.6. The second-order valence-corrected chi connectivity index (χ2v) is 8.39. The zero-order valence-corrected chi connectivity index (χ0v) is 18.5. The SMILES string of the molecule is CCCN1C(=O)C(=Cc2c(NCCOCCO)nc3ccc(C)cn3c2=O)SC1=S. The van der Waals surface area contributed by atoms with Crippen LogP contribution in [0.25, 0.3) is 11.7 Å². The van der Waals surface area contributed by atoms with Gasteiger partial charge in [-0.25, -0.2) is 4.98 Å². The number of aryl methyl sites for hydroxylation is 1. The van der Waals surface area contributed by atoms with E-state index in [4.69, 9.17) is 22.1 Å². The van der Waals surface area contributed by atoms with Gasteiger partial charge in [-0.1, -0.05) is 37.0 Å². The molecule has 10 heteroatoms. The van der Waals surface area contributed by atoms with E-state index in [2.05, 4.69) is 10.3 Å². The van der Waals surface area contributed by atoms with Crippen LogP contribution in [0.5, 0.6) is 0 Å². The molecule has 0 saturated carbocycles. The average Bonchev–Trinajstić information content (AvgIpc) is 2.98. The Morgan fingerprint density at radius 1 is 1.33 bits per heavy atom. The Bertz CT molecular complexity index is 1050. The molecule has 0 atom stereocenters. The molecule has 0 radical (unpaired) electrons. The van der Waals surface area contributed by atoms with Gasteiger partial charge in [0.05, 0.1) is 30.3 Å². The minimum atomic E-state index is -0.275. The summed E-state index contributed by atoms with van der Waals surface area (Å²) < 4.78 is 7.23. The Morgan fingerprint density at radius 2 is 2.13 bits per heavy atom. The van der Waals surface area contributed by atoms with Crippen molar-refractivity contribution in [3.63, 3.8) is 0 Å². The van der Waals surface area contributed by atoms with Crippen molar-refractivity contribution in [3.8, 4) is 0 Å². The van der Waals surface area contributed by atoms with Gasteiger partial charge in [-0.05, 0) is 31.1 Å². The number of carbonyl (C=O) groups is 1. The van der Waals surface area contributed by atoms with Gasteiger partial charge in [0.25, 0.3) is 11.5 Å². The summed E-state index contributed by atoms with van der Waals surface area (Å²) in [6, 6.07) is 3.65. The van der Waals surface area contributed by atoms with Crippen LogP contribution in [0.1, 0.15) is 24.5 Å². The van der Waals surface area contributed by atoms with E-state index in [0.717, 1.165) is 12.0 Å². The molecule has 160 valence electrons. The molecule has 0 unspecified atom stereocenters. The highest BCUT2D eigenvalue weighted by Gasteiger charge is 2.31. The maximum Gasteiger partial charge on any atom is 0.267 e. The van der Waals surface area contributed by atoms with Crippen LogP contribution in [0, 0.1) is 6.92 Å². The van der Waals surface area contributed by atoms with Crippen molar-refractivity contribution in [3.05, 3.63) is 44.7 Å². The second-order valence-electron chi connectivity index (χ2n) is 6.71. The molecule has 1 aliphatic rings. The summed E-state index contributed by atoms with van der Waals surface area (Å²) in [5, 5.41) is 11.9. The third-order valence-electron chi connectivity index (χ3n) is 4.38. The number of fused-ring (bicyclic) bond motifs is 1. The Balaban J connectivity index is 2.01. The molecule has 2 aromatic heterocycles. The van der Waals surface area contributed by atoms with Gasteiger partial charge in [0.15, 0.2) is 0 Å². The van der Waals surface area contributed by atoms with Crippen molar-refractivity contribution in [2.24, 2.45) is 0 Å². The highest BCUT2D eigenvalue weighted by molar-refractivity contribution is 8.26. The second kappa shape index (κ2) is 10.2. The molecular weight excluding hydrogens is 424 g/mol. The number of hydrogen-bond donors (Lipinski definition) is 2. The molecule has 3 heterocycles. The number of rotatable bonds is 9. The lowest BCUT2D eigenvalue weighted by Crippen LogP contribution is -2.28. The number of nitrogens with zero attached hydrogens (tertiary/aromatic N) is 3. The highest BCUT2D eigenvalue weighted by atomic mass is 32.2. The highest BCUT2D eigenvalue weighted by Crippen LogP contribution is 2.33. The van der Waals surface area contributed by atoms with E-state index in [-0.39, 0.29) is 30.2 Å². The molecule has 30 heavy (non-hydrogen) atoms.